The van der Waals surface area contributed by atoms with Gasteiger partial charge in [0.2, 0.25) is 0 Å². The van der Waals surface area contributed by atoms with Crippen LogP contribution in [0.1, 0.15) is 36.8 Å². The molecular weight excluding hydrogens is 206 g/mol. The molecule has 1 aromatic heterocycles. The first-order valence-electron chi connectivity index (χ1n) is 5.02. The summed E-state index contributed by atoms with van der Waals surface area (Å²) in [6, 6.07) is 3.41. The number of amides is 1. The largest absolute Gasteiger partial charge is 0.370 e. The Balaban J connectivity index is 2.62. The van der Waals surface area contributed by atoms with Crippen molar-refractivity contribution in [1.29, 1.82) is 0 Å². The van der Waals surface area contributed by atoms with E-state index in [4.69, 9.17) is 10.6 Å². The van der Waals surface area contributed by atoms with Crippen molar-refractivity contribution in [3.63, 3.8) is 0 Å². The summed E-state index contributed by atoms with van der Waals surface area (Å²) in [7, 11) is 0. The van der Waals surface area contributed by atoms with Crippen LogP contribution in [-0.4, -0.2) is 16.5 Å². The molecule has 0 saturated carbocycles. The molecule has 0 fully saturated rings. The van der Waals surface area contributed by atoms with Gasteiger partial charge in [-0.2, -0.15) is 0 Å². The molecule has 0 aliphatic heterocycles. The van der Waals surface area contributed by atoms with Crippen LogP contribution in [0.15, 0.2) is 18.3 Å². The molecule has 1 rings (SSSR count). The third-order valence-corrected chi connectivity index (χ3v) is 1.87. The van der Waals surface area contributed by atoms with E-state index in [-0.39, 0.29) is 11.5 Å². The van der Waals surface area contributed by atoms with Crippen molar-refractivity contribution in [2.75, 3.05) is 0 Å². The second kappa shape index (κ2) is 5.05. The Kier molecular flexibility index (Phi) is 3.98. The van der Waals surface area contributed by atoms with E-state index in [1.165, 1.54) is 6.20 Å². The van der Waals surface area contributed by atoms with Gasteiger partial charge in [-0.1, -0.05) is 0 Å². The van der Waals surface area contributed by atoms with Crippen LogP contribution in [0, 0.1) is 0 Å². The molecule has 88 valence electrons. The molecule has 0 unspecified atom stereocenters. The molecule has 0 aliphatic carbocycles. The molecule has 5 nitrogen and oxygen atoms in total. The van der Waals surface area contributed by atoms with Gasteiger partial charge in [0.1, 0.15) is 0 Å². The Morgan fingerprint density at radius 3 is 2.62 bits per heavy atom. The van der Waals surface area contributed by atoms with Crippen molar-refractivity contribution in [3.05, 3.63) is 29.6 Å². The smallest absolute Gasteiger partial charge is 0.266 e. The Bertz CT molecular complexity index is 354. The van der Waals surface area contributed by atoms with Gasteiger partial charge < -0.3 is 4.74 Å². The van der Waals surface area contributed by atoms with Gasteiger partial charge >= 0.3 is 0 Å². The fourth-order valence-corrected chi connectivity index (χ4v) is 1.02. The number of nitrogens with zero attached hydrogens (tertiary/aromatic N) is 1. The van der Waals surface area contributed by atoms with Crippen molar-refractivity contribution in [2.24, 2.45) is 5.84 Å². The quantitative estimate of drug-likeness (QED) is 0.455. The number of hydrogen-bond acceptors (Lipinski definition) is 4. The summed E-state index contributed by atoms with van der Waals surface area (Å²) < 4.78 is 5.55. The number of hydrazine groups is 1. The molecule has 1 aromatic rings. The lowest BCUT2D eigenvalue weighted by molar-refractivity contribution is -0.0164. The van der Waals surface area contributed by atoms with Crippen LogP contribution < -0.4 is 11.3 Å². The minimum atomic E-state index is -0.351. The van der Waals surface area contributed by atoms with Crippen LogP contribution in [0.25, 0.3) is 0 Å². The number of nitrogen functional groups attached to an aromatic ring is 1. The van der Waals surface area contributed by atoms with Gasteiger partial charge in [-0.3, -0.25) is 15.2 Å². The summed E-state index contributed by atoms with van der Waals surface area (Å²) in [5.41, 5.74) is 3.06. The SMILES string of the molecule is CC(C)(C)OCc1ccc(C(=O)NN)cn1. The molecule has 3 N–H and O–H groups in total. The molecule has 0 aromatic carbocycles. The van der Waals surface area contributed by atoms with E-state index < -0.39 is 0 Å². The number of rotatable bonds is 3. The van der Waals surface area contributed by atoms with E-state index >= 15 is 0 Å². The molecule has 0 spiro atoms. The normalized spacial score (nSPS) is 11.2. The summed E-state index contributed by atoms with van der Waals surface area (Å²) in [4.78, 5) is 15.2. The third kappa shape index (κ3) is 3.96. The summed E-state index contributed by atoms with van der Waals surface area (Å²) in [6.45, 7) is 6.35. The van der Waals surface area contributed by atoms with E-state index in [0.29, 0.717) is 12.2 Å². The zero-order valence-corrected chi connectivity index (χ0v) is 9.78. The minimum absolute atomic E-state index is 0.199. The molecular formula is C11H17N3O2. The maximum absolute atomic E-state index is 11.1. The van der Waals surface area contributed by atoms with Gasteiger partial charge in [-0.15, -0.1) is 0 Å². The summed E-state index contributed by atoms with van der Waals surface area (Å²) in [6.07, 6.45) is 1.48. The molecule has 5 heteroatoms. The van der Waals surface area contributed by atoms with Crippen molar-refractivity contribution in [3.8, 4) is 0 Å². The van der Waals surface area contributed by atoms with Gasteiger partial charge in [0.25, 0.3) is 5.91 Å². The topological polar surface area (TPSA) is 77.2 Å². The number of ether oxygens (including phenoxy) is 1. The average Bonchev–Trinajstić information content (AvgIpc) is 2.25. The monoisotopic (exact) mass is 223 g/mol. The number of nitrogens with two attached hydrogens (primary N) is 1. The van der Waals surface area contributed by atoms with Crippen LogP contribution in [-0.2, 0) is 11.3 Å². The molecule has 16 heavy (non-hydrogen) atoms. The first-order chi connectivity index (χ1) is 7.42. The van der Waals surface area contributed by atoms with Crippen molar-refractivity contribution < 1.29 is 9.53 Å². The lowest BCUT2D eigenvalue weighted by Gasteiger charge is -2.19. The fourth-order valence-electron chi connectivity index (χ4n) is 1.02. The highest BCUT2D eigenvalue weighted by Crippen LogP contribution is 2.10. The van der Waals surface area contributed by atoms with Gasteiger partial charge in [-0.05, 0) is 32.9 Å². The number of hydrogen-bond donors (Lipinski definition) is 2. The predicted octanol–water partition coefficient (Wildman–Crippen LogP) is 1.00. The van der Waals surface area contributed by atoms with Crippen LogP contribution in [0.2, 0.25) is 0 Å². The van der Waals surface area contributed by atoms with Gasteiger partial charge in [0, 0.05) is 6.20 Å². The number of pyridine rings is 1. The number of nitrogens with one attached hydrogen (secondary N) is 1. The molecule has 0 saturated heterocycles. The van der Waals surface area contributed by atoms with Crippen molar-refractivity contribution >= 4 is 5.91 Å². The maximum Gasteiger partial charge on any atom is 0.266 e. The van der Waals surface area contributed by atoms with Gasteiger partial charge in [0.05, 0.1) is 23.5 Å². The Morgan fingerprint density at radius 1 is 1.50 bits per heavy atom. The number of carbonyl (C=O) groups excluding carboxylic acids is 1. The Morgan fingerprint density at radius 2 is 2.19 bits per heavy atom. The van der Waals surface area contributed by atoms with E-state index in [9.17, 15) is 4.79 Å². The number of carbonyl (C=O) groups is 1. The lowest BCUT2D eigenvalue weighted by atomic mass is 10.2. The summed E-state index contributed by atoms with van der Waals surface area (Å²) >= 11 is 0. The highest BCUT2D eigenvalue weighted by molar-refractivity contribution is 5.93. The van der Waals surface area contributed by atoms with Crippen molar-refractivity contribution in [1.82, 2.24) is 10.4 Å². The molecule has 0 bridgehead atoms. The third-order valence-electron chi connectivity index (χ3n) is 1.87. The summed E-state index contributed by atoms with van der Waals surface area (Å²) in [5, 5.41) is 0. The van der Waals surface area contributed by atoms with Crippen LogP contribution in [0.3, 0.4) is 0 Å². The Labute approximate surface area is 95.0 Å². The van der Waals surface area contributed by atoms with E-state index in [0.717, 1.165) is 5.69 Å². The predicted molar refractivity (Wildman–Crippen MR) is 60.4 cm³/mol. The maximum atomic E-state index is 11.1. The van der Waals surface area contributed by atoms with Crippen LogP contribution in [0.5, 0.6) is 0 Å². The fraction of sp³-hybridized carbons (Fsp3) is 0.455. The zero-order valence-electron chi connectivity index (χ0n) is 9.78. The molecule has 0 radical (unpaired) electrons. The first kappa shape index (κ1) is 12.6. The van der Waals surface area contributed by atoms with Crippen LogP contribution >= 0.6 is 0 Å². The van der Waals surface area contributed by atoms with E-state index in [1.807, 2.05) is 26.2 Å². The standard InChI is InChI=1S/C11H17N3O2/c1-11(2,3)16-7-9-5-4-8(6-13-9)10(15)14-12/h4-6H,7,12H2,1-3H3,(H,14,15). The highest BCUT2D eigenvalue weighted by atomic mass is 16.5. The zero-order chi connectivity index (χ0) is 12.2. The second-order valence-electron chi connectivity index (χ2n) is 4.41. The van der Waals surface area contributed by atoms with Gasteiger partial charge in [-0.25, -0.2) is 5.84 Å². The molecule has 0 atom stereocenters. The lowest BCUT2D eigenvalue weighted by Crippen LogP contribution is -2.30. The van der Waals surface area contributed by atoms with E-state index in [1.54, 1.807) is 12.1 Å². The van der Waals surface area contributed by atoms with Gasteiger partial charge in [0.15, 0.2) is 0 Å². The number of aromatic nitrogens is 1. The average molecular weight is 223 g/mol. The first-order valence-corrected chi connectivity index (χ1v) is 5.02. The Hall–Kier alpha value is -1.46. The second-order valence-corrected chi connectivity index (χ2v) is 4.41. The molecule has 1 amide bonds. The minimum Gasteiger partial charge on any atom is -0.370 e. The summed E-state index contributed by atoms with van der Waals surface area (Å²) in [5.74, 6) is 4.65. The van der Waals surface area contributed by atoms with Crippen molar-refractivity contribution in [2.45, 2.75) is 33.0 Å². The molecule has 0 aliphatic rings. The molecule has 1 heterocycles. The highest BCUT2D eigenvalue weighted by Gasteiger charge is 2.11. The van der Waals surface area contributed by atoms with Crippen LogP contribution in [0.4, 0.5) is 0 Å². The van der Waals surface area contributed by atoms with E-state index in [2.05, 4.69) is 4.98 Å².